The van der Waals surface area contributed by atoms with Crippen LogP contribution in [0.3, 0.4) is 0 Å². The second kappa shape index (κ2) is 5.55. The molecule has 2 aromatic heterocycles. The summed E-state index contributed by atoms with van der Waals surface area (Å²) in [7, 11) is 1.73. The number of hydrogen-bond acceptors (Lipinski definition) is 4. The highest BCUT2D eigenvalue weighted by Crippen LogP contribution is 2.23. The molecule has 0 atom stereocenters. The van der Waals surface area contributed by atoms with Crippen molar-refractivity contribution >= 4 is 0 Å². The maximum absolute atomic E-state index is 5.24. The van der Waals surface area contributed by atoms with Crippen molar-refractivity contribution in [3.63, 3.8) is 0 Å². The predicted molar refractivity (Wildman–Crippen MR) is 71.5 cm³/mol. The molecule has 3 heterocycles. The molecule has 3 rings (SSSR count). The van der Waals surface area contributed by atoms with Gasteiger partial charge in [0.05, 0.1) is 19.1 Å². The van der Waals surface area contributed by atoms with Crippen molar-refractivity contribution < 1.29 is 9.15 Å². The van der Waals surface area contributed by atoms with E-state index in [1.807, 2.05) is 24.7 Å². The summed E-state index contributed by atoms with van der Waals surface area (Å²) in [5, 5.41) is 0. The number of hydrogen-bond donors (Lipinski definition) is 0. The first-order chi connectivity index (χ1) is 9.36. The molecule has 4 nitrogen and oxygen atoms in total. The Kier molecular flexibility index (Phi) is 3.62. The van der Waals surface area contributed by atoms with Crippen LogP contribution in [0.15, 0.2) is 35.4 Å². The van der Waals surface area contributed by atoms with Gasteiger partial charge in [-0.05, 0) is 29.2 Å². The molecule has 0 fully saturated rings. The summed E-state index contributed by atoms with van der Waals surface area (Å²) in [5.41, 5.74) is 5.19. The Labute approximate surface area is 113 Å². The number of nitrogens with zero attached hydrogens (tertiary/aromatic N) is 2. The molecule has 0 saturated heterocycles. The van der Waals surface area contributed by atoms with Crippen LogP contribution in [-0.4, -0.2) is 23.5 Å². The Bertz CT molecular complexity index is 537. The predicted octanol–water partition coefficient (Wildman–Crippen LogP) is 2.38. The number of furan rings is 1. The van der Waals surface area contributed by atoms with Crippen molar-refractivity contribution in [1.29, 1.82) is 0 Å². The molecule has 0 unspecified atom stereocenters. The van der Waals surface area contributed by atoms with Crippen LogP contribution in [-0.2, 0) is 30.9 Å². The van der Waals surface area contributed by atoms with Crippen LogP contribution in [0.4, 0.5) is 0 Å². The van der Waals surface area contributed by atoms with Crippen molar-refractivity contribution in [2.45, 2.75) is 26.1 Å². The van der Waals surface area contributed by atoms with E-state index in [-0.39, 0.29) is 0 Å². The summed E-state index contributed by atoms with van der Waals surface area (Å²) >= 11 is 0. The van der Waals surface area contributed by atoms with Gasteiger partial charge in [-0.15, -0.1) is 0 Å². The molecule has 1 aliphatic heterocycles. The van der Waals surface area contributed by atoms with Gasteiger partial charge >= 0.3 is 0 Å². The maximum Gasteiger partial charge on any atom is 0.0947 e. The molecule has 19 heavy (non-hydrogen) atoms. The van der Waals surface area contributed by atoms with E-state index in [0.29, 0.717) is 6.61 Å². The van der Waals surface area contributed by atoms with Crippen molar-refractivity contribution in [3.05, 3.63) is 53.2 Å². The Balaban J connectivity index is 1.75. The Hall–Kier alpha value is -1.65. The van der Waals surface area contributed by atoms with E-state index in [1.165, 1.54) is 22.3 Å². The highest BCUT2D eigenvalue weighted by atomic mass is 16.5. The highest BCUT2D eigenvalue weighted by Gasteiger charge is 2.19. The van der Waals surface area contributed by atoms with Gasteiger partial charge < -0.3 is 9.15 Å². The van der Waals surface area contributed by atoms with Gasteiger partial charge in [0.25, 0.3) is 0 Å². The van der Waals surface area contributed by atoms with Gasteiger partial charge in [0.15, 0.2) is 0 Å². The lowest BCUT2D eigenvalue weighted by Crippen LogP contribution is -2.30. The van der Waals surface area contributed by atoms with Crippen LogP contribution in [0.2, 0.25) is 0 Å². The summed E-state index contributed by atoms with van der Waals surface area (Å²) < 4.78 is 10.4. The first-order valence-electron chi connectivity index (χ1n) is 6.54. The van der Waals surface area contributed by atoms with Gasteiger partial charge in [-0.1, -0.05) is 0 Å². The molecular weight excluding hydrogens is 240 g/mol. The third-order valence-electron chi connectivity index (χ3n) is 3.59. The molecule has 0 N–H and O–H groups in total. The minimum atomic E-state index is 0.651. The number of aromatic nitrogens is 1. The molecule has 0 saturated carbocycles. The molecule has 1 aliphatic rings. The molecule has 0 radical (unpaired) electrons. The minimum absolute atomic E-state index is 0.651. The summed E-state index contributed by atoms with van der Waals surface area (Å²) in [5.74, 6) is 0. The molecule has 0 aliphatic carbocycles. The average molecular weight is 258 g/mol. The molecular formula is C15H18N2O2. The van der Waals surface area contributed by atoms with E-state index in [1.54, 1.807) is 13.4 Å². The fraction of sp³-hybridized carbons (Fsp3) is 0.400. The van der Waals surface area contributed by atoms with Crippen LogP contribution in [0.1, 0.15) is 22.3 Å². The topological polar surface area (TPSA) is 38.5 Å². The van der Waals surface area contributed by atoms with Crippen molar-refractivity contribution in [2.75, 3.05) is 13.7 Å². The average Bonchev–Trinajstić information content (AvgIpc) is 2.92. The van der Waals surface area contributed by atoms with E-state index in [4.69, 9.17) is 9.15 Å². The Morgan fingerprint density at radius 3 is 3.16 bits per heavy atom. The van der Waals surface area contributed by atoms with Crippen LogP contribution >= 0.6 is 0 Å². The fourth-order valence-corrected chi connectivity index (χ4v) is 2.68. The van der Waals surface area contributed by atoms with E-state index in [2.05, 4.69) is 9.88 Å². The van der Waals surface area contributed by atoms with Crippen molar-refractivity contribution in [3.8, 4) is 0 Å². The second-order valence-corrected chi connectivity index (χ2v) is 4.96. The monoisotopic (exact) mass is 258 g/mol. The number of pyridine rings is 1. The smallest absolute Gasteiger partial charge is 0.0947 e. The Morgan fingerprint density at radius 1 is 1.42 bits per heavy atom. The lowest BCUT2D eigenvalue weighted by Gasteiger charge is -2.29. The second-order valence-electron chi connectivity index (χ2n) is 4.96. The Morgan fingerprint density at radius 2 is 2.37 bits per heavy atom. The summed E-state index contributed by atoms with van der Waals surface area (Å²) in [6, 6.07) is 2.02. The zero-order valence-electron chi connectivity index (χ0n) is 11.1. The quantitative estimate of drug-likeness (QED) is 0.844. The fourth-order valence-electron chi connectivity index (χ4n) is 2.68. The molecule has 0 bridgehead atoms. The zero-order valence-corrected chi connectivity index (χ0v) is 11.1. The van der Waals surface area contributed by atoms with Gasteiger partial charge in [0.2, 0.25) is 0 Å². The first-order valence-corrected chi connectivity index (χ1v) is 6.54. The van der Waals surface area contributed by atoms with Crippen molar-refractivity contribution in [1.82, 2.24) is 9.88 Å². The summed E-state index contributed by atoms with van der Waals surface area (Å²) in [6.07, 6.45) is 8.51. The van der Waals surface area contributed by atoms with Crippen LogP contribution < -0.4 is 0 Å². The molecule has 0 amide bonds. The summed E-state index contributed by atoms with van der Waals surface area (Å²) in [6.45, 7) is 3.60. The summed E-state index contributed by atoms with van der Waals surface area (Å²) in [4.78, 5) is 6.74. The lowest BCUT2D eigenvalue weighted by atomic mass is 9.97. The number of rotatable bonds is 4. The zero-order chi connectivity index (χ0) is 13.1. The first kappa shape index (κ1) is 12.4. The molecule has 0 spiro atoms. The third-order valence-corrected chi connectivity index (χ3v) is 3.59. The highest BCUT2D eigenvalue weighted by molar-refractivity contribution is 5.33. The molecule has 100 valence electrons. The van der Waals surface area contributed by atoms with Gasteiger partial charge in [-0.25, -0.2) is 0 Å². The van der Waals surface area contributed by atoms with E-state index in [0.717, 1.165) is 26.1 Å². The van der Waals surface area contributed by atoms with Gasteiger partial charge in [0, 0.05) is 44.7 Å². The maximum atomic E-state index is 5.24. The van der Waals surface area contributed by atoms with Gasteiger partial charge in [-0.3, -0.25) is 9.88 Å². The molecule has 2 aromatic rings. The van der Waals surface area contributed by atoms with Crippen LogP contribution in [0, 0.1) is 0 Å². The SMILES string of the molecule is COCc1cncc2c1CCN(Cc1ccoc1)C2. The van der Waals surface area contributed by atoms with Crippen molar-refractivity contribution in [2.24, 2.45) is 0 Å². The van der Waals surface area contributed by atoms with E-state index < -0.39 is 0 Å². The molecule has 4 heteroatoms. The third kappa shape index (κ3) is 2.69. The van der Waals surface area contributed by atoms with Gasteiger partial charge in [-0.2, -0.15) is 0 Å². The number of ether oxygens (including phenoxy) is 1. The standard InChI is InChI=1S/C15H18N2O2/c1-18-11-14-7-16-6-13-9-17(4-2-15(13)14)8-12-3-5-19-10-12/h3,5-7,10H,2,4,8-9,11H2,1H3. The van der Waals surface area contributed by atoms with Crippen LogP contribution in [0.25, 0.3) is 0 Å². The lowest BCUT2D eigenvalue weighted by molar-refractivity contribution is 0.181. The van der Waals surface area contributed by atoms with Gasteiger partial charge in [0.1, 0.15) is 0 Å². The van der Waals surface area contributed by atoms with E-state index >= 15 is 0 Å². The molecule has 0 aromatic carbocycles. The largest absolute Gasteiger partial charge is 0.472 e. The minimum Gasteiger partial charge on any atom is -0.472 e. The number of fused-ring (bicyclic) bond motifs is 1. The van der Waals surface area contributed by atoms with Crippen LogP contribution in [0.5, 0.6) is 0 Å². The number of methoxy groups -OCH3 is 1. The van der Waals surface area contributed by atoms with E-state index in [9.17, 15) is 0 Å². The normalized spacial score (nSPS) is 15.4.